The molecule has 2 aliphatic rings. The first kappa shape index (κ1) is 19.9. The van der Waals surface area contributed by atoms with Crippen molar-refractivity contribution in [2.45, 2.75) is 26.1 Å². The molecule has 0 saturated carbocycles. The van der Waals surface area contributed by atoms with E-state index in [0.717, 1.165) is 36.6 Å². The van der Waals surface area contributed by atoms with Crippen LogP contribution in [0.5, 0.6) is 0 Å². The maximum Gasteiger partial charge on any atom is 0.180 e. The number of rotatable bonds is 7. The Hall–Kier alpha value is -3.44. The lowest BCUT2D eigenvalue weighted by molar-refractivity contribution is 0.203. The van der Waals surface area contributed by atoms with Gasteiger partial charge in [0.15, 0.2) is 12.0 Å². The Bertz CT molecular complexity index is 1010. The summed E-state index contributed by atoms with van der Waals surface area (Å²) in [6.07, 6.45) is 6.19. The van der Waals surface area contributed by atoms with Crippen molar-refractivity contribution in [2.75, 3.05) is 31.7 Å². The number of allylic oxidation sites excluding steroid dienone is 1. The molecule has 4 rings (SSSR count). The number of hydrogen-bond donors (Lipinski definition) is 2. The fourth-order valence-electron chi connectivity index (χ4n) is 3.89. The molecule has 2 aromatic rings. The quantitative estimate of drug-likeness (QED) is 0.414. The van der Waals surface area contributed by atoms with Crippen LogP contribution in [0.4, 0.5) is 5.82 Å². The number of nitrogens with zero attached hydrogens (tertiary/aromatic N) is 5. The van der Waals surface area contributed by atoms with Crippen LogP contribution in [-0.4, -0.2) is 47.9 Å². The molecule has 30 heavy (non-hydrogen) atoms. The fraction of sp³-hybridized carbons (Fsp3) is 0.364. The molecule has 2 N–H and O–H groups in total. The summed E-state index contributed by atoms with van der Waals surface area (Å²) in [5, 5.41) is 20.4. The minimum Gasteiger partial charge on any atom is -0.388 e. The number of benzene rings is 1. The molecular formula is C22H25N7O. The van der Waals surface area contributed by atoms with Crippen molar-refractivity contribution in [1.29, 1.82) is 10.7 Å². The van der Waals surface area contributed by atoms with E-state index in [1.165, 1.54) is 17.3 Å². The number of methoxy groups -OCH3 is 1. The van der Waals surface area contributed by atoms with Gasteiger partial charge in [-0.1, -0.05) is 24.3 Å². The van der Waals surface area contributed by atoms with E-state index in [-0.39, 0.29) is 0 Å². The highest BCUT2D eigenvalue weighted by Crippen LogP contribution is 2.32. The van der Waals surface area contributed by atoms with E-state index in [9.17, 15) is 5.26 Å². The Morgan fingerprint density at radius 3 is 2.87 bits per heavy atom. The van der Waals surface area contributed by atoms with Crippen molar-refractivity contribution >= 4 is 17.6 Å². The maximum atomic E-state index is 9.41. The first-order chi connectivity index (χ1) is 14.7. The molecule has 1 aromatic carbocycles. The van der Waals surface area contributed by atoms with Crippen molar-refractivity contribution < 1.29 is 4.74 Å². The van der Waals surface area contributed by atoms with E-state index in [2.05, 4.69) is 40.7 Å². The van der Waals surface area contributed by atoms with Gasteiger partial charge in [0.05, 0.1) is 31.0 Å². The molecule has 0 radical (unpaired) electrons. The smallest absolute Gasteiger partial charge is 0.180 e. The summed E-state index contributed by atoms with van der Waals surface area (Å²) in [6, 6.07) is 8.49. The van der Waals surface area contributed by atoms with Gasteiger partial charge >= 0.3 is 0 Å². The van der Waals surface area contributed by atoms with E-state index in [0.29, 0.717) is 37.6 Å². The van der Waals surface area contributed by atoms with Crippen molar-refractivity contribution in [3.05, 3.63) is 58.7 Å². The van der Waals surface area contributed by atoms with Gasteiger partial charge in [0, 0.05) is 44.7 Å². The largest absolute Gasteiger partial charge is 0.388 e. The molecule has 1 aromatic heterocycles. The summed E-state index contributed by atoms with van der Waals surface area (Å²) >= 11 is 0. The zero-order chi connectivity index (χ0) is 20.9. The highest BCUT2D eigenvalue weighted by atomic mass is 16.5. The van der Waals surface area contributed by atoms with Gasteiger partial charge < -0.3 is 25.3 Å². The molecular weight excluding hydrogens is 378 g/mol. The van der Waals surface area contributed by atoms with Gasteiger partial charge in [-0.15, -0.1) is 0 Å². The zero-order valence-electron chi connectivity index (χ0n) is 17.1. The van der Waals surface area contributed by atoms with E-state index in [1.807, 2.05) is 0 Å². The Morgan fingerprint density at radius 1 is 1.27 bits per heavy atom. The van der Waals surface area contributed by atoms with E-state index in [1.54, 1.807) is 18.2 Å². The number of nitriles is 1. The lowest BCUT2D eigenvalue weighted by Crippen LogP contribution is -2.32. The van der Waals surface area contributed by atoms with Gasteiger partial charge in [-0.05, 0) is 17.5 Å². The maximum absolute atomic E-state index is 9.41. The first-order valence-corrected chi connectivity index (χ1v) is 10.0. The lowest BCUT2D eigenvalue weighted by atomic mass is 9.99. The summed E-state index contributed by atoms with van der Waals surface area (Å²) in [6.45, 7) is 3.85. The molecule has 2 aliphatic heterocycles. The molecule has 8 heteroatoms. The van der Waals surface area contributed by atoms with Gasteiger partial charge in [-0.25, -0.2) is 9.97 Å². The van der Waals surface area contributed by atoms with Crippen molar-refractivity contribution in [1.82, 2.24) is 20.2 Å². The molecule has 0 saturated heterocycles. The standard InChI is InChI=1S/C22H25N7O/c1-30-9-7-25-11-18(10-23)21-26-20-14-28(15-24)13-19(20)22(27-21)29-8-6-16-4-2-3-5-17(16)12-29/h2-5,10-11,23,25H,6-9,12-14H2,1H3/b18-11+,23-10?. The van der Waals surface area contributed by atoms with Gasteiger partial charge in [0.2, 0.25) is 0 Å². The van der Waals surface area contributed by atoms with E-state index < -0.39 is 0 Å². The van der Waals surface area contributed by atoms with Crippen LogP contribution in [0.15, 0.2) is 30.5 Å². The fourth-order valence-corrected chi connectivity index (χ4v) is 3.89. The monoisotopic (exact) mass is 403 g/mol. The van der Waals surface area contributed by atoms with Crippen LogP contribution in [-0.2, 0) is 30.8 Å². The van der Waals surface area contributed by atoms with Crippen molar-refractivity contribution in [2.24, 2.45) is 0 Å². The van der Waals surface area contributed by atoms with Crippen LogP contribution < -0.4 is 10.2 Å². The molecule has 8 nitrogen and oxygen atoms in total. The summed E-state index contributed by atoms with van der Waals surface area (Å²) in [5.74, 6) is 1.37. The summed E-state index contributed by atoms with van der Waals surface area (Å²) < 4.78 is 5.05. The normalized spacial score (nSPS) is 15.4. The van der Waals surface area contributed by atoms with Crippen LogP contribution in [0.3, 0.4) is 0 Å². The van der Waals surface area contributed by atoms with Crippen LogP contribution in [0.1, 0.15) is 28.2 Å². The van der Waals surface area contributed by atoms with Gasteiger partial charge in [-0.2, -0.15) is 5.26 Å². The summed E-state index contributed by atoms with van der Waals surface area (Å²) in [5.41, 5.74) is 5.15. The third kappa shape index (κ3) is 3.98. The number of fused-ring (bicyclic) bond motifs is 2. The van der Waals surface area contributed by atoms with Crippen LogP contribution in [0.25, 0.3) is 5.57 Å². The molecule has 0 unspecified atom stereocenters. The second-order valence-electron chi connectivity index (χ2n) is 7.38. The highest BCUT2D eigenvalue weighted by Gasteiger charge is 2.29. The second-order valence-corrected chi connectivity index (χ2v) is 7.38. The predicted molar refractivity (Wildman–Crippen MR) is 115 cm³/mol. The number of anilines is 1. The molecule has 154 valence electrons. The van der Waals surface area contributed by atoms with Gasteiger partial charge in [0.1, 0.15) is 5.82 Å². The third-order valence-corrected chi connectivity index (χ3v) is 5.45. The van der Waals surface area contributed by atoms with Crippen LogP contribution in [0, 0.1) is 16.9 Å². The van der Waals surface area contributed by atoms with E-state index >= 15 is 0 Å². The molecule has 0 bridgehead atoms. The Kier molecular flexibility index (Phi) is 5.91. The number of ether oxygens (including phenoxy) is 1. The minimum absolute atomic E-state index is 0.473. The van der Waals surface area contributed by atoms with E-state index in [4.69, 9.17) is 20.1 Å². The molecule has 0 atom stereocenters. The summed E-state index contributed by atoms with van der Waals surface area (Å²) in [7, 11) is 1.65. The van der Waals surface area contributed by atoms with Gasteiger partial charge in [-0.3, -0.25) is 0 Å². The average molecular weight is 403 g/mol. The predicted octanol–water partition coefficient (Wildman–Crippen LogP) is 2.06. The summed E-state index contributed by atoms with van der Waals surface area (Å²) in [4.78, 5) is 13.5. The van der Waals surface area contributed by atoms with Gasteiger partial charge in [0.25, 0.3) is 0 Å². The lowest BCUT2D eigenvalue weighted by Gasteiger charge is -2.31. The van der Waals surface area contributed by atoms with Crippen molar-refractivity contribution in [3.8, 4) is 6.19 Å². The number of nitrogens with one attached hydrogen (secondary N) is 2. The topological polar surface area (TPSA) is 101 Å². The molecule has 0 fully saturated rings. The SMILES string of the molecule is COCCN/C=C(\C=N)c1nc2c(c(N3CCc4ccccc4C3)n1)CN(C#N)C2. The van der Waals surface area contributed by atoms with Crippen LogP contribution >= 0.6 is 0 Å². The number of hydrogen-bond acceptors (Lipinski definition) is 8. The third-order valence-electron chi connectivity index (χ3n) is 5.45. The average Bonchev–Trinajstić information content (AvgIpc) is 3.21. The molecule has 0 amide bonds. The Morgan fingerprint density at radius 2 is 2.10 bits per heavy atom. The minimum atomic E-state index is 0.473. The van der Waals surface area contributed by atoms with Crippen LogP contribution in [0.2, 0.25) is 0 Å². The first-order valence-electron chi connectivity index (χ1n) is 10.0. The second kappa shape index (κ2) is 8.93. The molecule has 0 spiro atoms. The Labute approximate surface area is 176 Å². The zero-order valence-corrected chi connectivity index (χ0v) is 17.1. The van der Waals surface area contributed by atoms with Crippen molar-refractivity contribution in [3.63, 3.8) is 0 Å². The molecule has 0 aliphatic carbocycles. The Balaban J connectivity index is 1.69. The number of aromatic nitrogens is 2. The molecule has 3 heterocycles. The highest BCUT2D eigenvalue weighted by molar-refractivity contribution is 6.06.